The molecule has 2 unspecified atom stereocenters. The Morgan fingerprint density at radius 2 is 0.254 bits per heavy atom. The molecule has 0 saturated heterocycles. The zero-order valence-corrected chi connectivity index (χ0v) is 80.5. The van der Waals surface area contributed by atoms with E-state index in [4.69, 9.17) is 0 Å². The molecular formula is C108H204O6. The van der Waals surface area contributed by atoms with Crippen molar-refractivity contribution in [1.29, 1.82) is 0 Å². The van der Waals surface area contributed by atoms with Crippen molar-refractivity contribution in [3.05, 3.63) is 72.9 Å². The van der Waals surface area contributed by atoms with Crippen LogP contribution in [0.4, 0.5) is 0 Å². The van der Waals surface area contributed by atoms with Gasteiger partial charge in [-0.3, -0.25) is 0 Å². The number of ketones is 6. The molecule has 6 atom stereocenters. The van der Waals surface area contributed by atoms with E-state index in [9.17, 15) is 28.8 Å². The fraction of sp³-hybridized carbons (Fsp3) is 0.833. The Morgan fingerprint density at radius 3 is 0.351 bits per heavy atom. The van der Waals surface area contributed by atoms with Gasteiger partial charge in [0, 0.05) is 38.5 Å². The molecule has 0 aliphatic carbocycles. The quantitative estimate of drug-likeness (QED) is 0.0444. The molecule has 6 heteroatoms. The standard InChI is InChI=1S/6C18H34O/c6*1-4-17(2)15-13-11-9-7-5-6-8-10-12-14-16-18(3)19/h6*5,7,17H,4,6,8-16H2,1-3H3/b3*7-5+;3*7-5-/t2*17-;;2*17-;/m10.10./s1. The van der Waals surface area contributed by atoms with Crippen LogP contribution >= 0.6 is 0 Å². The fourth-order valence-electron chi connectivity index (χ4n) is 13.1. The Kier molecular flexibility index (Phi) is 112. The van der Waals surface area contributed by atoms with Crippen LogP contribution in [0.15, 0.2) is 72.9 Å². The Hall–Kier alpha value is -3.54. The molecule has 6 nitrogen and oxygen atoms in total. The molecule has 0 saturated carbocycles. The van der Waals surface area contributed by atoms with Crippen molar-refractivity contribution in [3.63, 3.8) is 0 Å². The molecule has 0 fully saturated rings. The number of carbonyl (C=O) groups excluding carboxylic acids is 6. The largest absolute Gasteiger partial charge is 0.300 e. The summed E-state index contributed by atoms with van der Waals surface area (Å²) < 4.78 is 0. The number of hydrogen-bond acceptors (Lipinski definition) is 6. The molecule has 0 bridgehead atoms. The van der Waals surface area contributed by atoms with Gasteiger partial charge in [0.1, 0.15) is 34.7 Å². The van der Waals surface area contributed by atoms with Gasteiger partial charge in [0.25, 0.3) is 0 Å². The SMILES string of the molecule is CCC(C)CCCC/C=C/CCCCCCC(C)=O.CCC(C)CCCC/C=C\CCCCCCC(C)=O.CC[C@@H](C)CCCC/C=C/CCCCCCC(C)=O.CC[C@@H](C)CCCC/C=C\CCCCCCC(C)=O.CC[C@H](C)CCCC/C=C/CCCCCCC(C)=O.CC[C@H](C)CCCC/C=C\CCCCCCC(C)=O. The van der Waals surface area contributed by atoms with E-state index in [-0.39, 0.29) is 0 Å². The third-order valence-corrected chi connectivity index (χ3v) is 23.0. The second-order valence-electron chi connectivity index (χ2n) is 35.5. The first kappa shape index (κ1) is 121. The lowest BCUT2D eigenvalue weighted by Gasteiger charge is -2.06. The molecule has 0 heterocycles. The predicted octanol–water partition coefficient (Wildman–Crippen LogP) is 36.5. The van der Waals surface area contributed by atoms with Crippen molar-refractivity contribution in [3.8, 4) is 0 Å². The Labute approximate surface area is 716 Å². The predicted molar refractivity (Wildman–Crippen MR) is 513 cm³/mol. The summed E-state index contributed by atoms with van der Waals surface area (Å²) in [6.45, 7) is 37.9. The van der Waals surface area contributed by atoms with Gasteiger partial charge in [-0.25, -0.2) is 0 Å². The van der Waals surface area contributed by atoms with Gasteiger partial charge < -0.3 is 28.8 Å². The fourth-order valence-corrected chi connectivity index (χ4v) is 13.1. The van der Waals surface area contributed by atoms with Crippen LogP contribution < -0.4 is 0 Å². The maximum absolute atomic E-state index is 10.8. The van der Waals surface area contributed by atoms with Gasteiger partial charge >= 0.3 is 0 Å². The van der Waals surface area contributed by atoms with Gasteiger partial charge in [0.15, 0.2) is 0 Å². The number of carbonyl (C=O) groups is 6. The minimum absolute atomic E-state index is 0.331. The van der Waals surface area contributed by atoms with Crippen molar-refractivity contribution < 1.29 is 28.8 Å². The summed E-state index contributed by atoms with van der Waals surface area (Å²) in [5, 5.41) is 0. The molecule has 0 aromatic heterocycles. The highest BCUT2D eigenvalue weighted by Gasteiger charge is 2.05. The molecule has 114 heavy (non-hydrogen) atoms. The zero-order valence-electron chi connectivity index (χ0n) is 80.5. The molecule has 672 valence electrons. The van der Waals surface area contributed by atoms with Crippen molar-refractivity contribution in [1.82, 2.24) is 0 Å². The van der Waals surface area contributed by atoms with Gasteiger partial charge in [-0.1, -0.05) is 349 Å². The van der Waals surface area contributed by atoms with Gasteiger partial charge in [-0.15, -0.1) is 0 Å². The van der Waals surface area contributed by atoms with E-state index in [0.717, 1.165) is 113 Å². The van der Waals surface area contributed by atoms with E-state index in [1.807, 2.05) is 0 Å². The van der Waals surface area contributed by atoms with Gasteiger partial charge in [0.05, 0.1) is 0 Å². The van der Waals surface area contributed by atoms with E-state index >= 15 is 0 Å². The van der Waals surface area contributed by atoms with Crippen LogP contribution in [0, 0.1) is 35.5 Å². The number of unbranched alkanes of at least 4 members (excludes halogenated alkanes) is 36. The van der Waals surface area contributed by atoms with Crippen LogP contribution in [-0.4, -0.2) is 34.7 Å². The molecule has 0 spiro atoms. The first-order chi connectivity index (χ1) is 55.0. The highest BCUT2D eigenvalue weighted by Crippen LogP contribution is 2.20. The first-order valence-corrected chi connectivity index (χ1v) is 49.9. The summed E-state index contributed by atoms with van der Waals surface area (Å²) >= 11 is 0. The van der Waals surface area contributed by atoms with Crippen molar-refractivity contribution in [2.75, 3.05) is 0 Å². The van der Waals surface area contributed by atoms with E-state index < -0.39 is 0 Å². The van der Waals surface area contributed by atoms with Crippen LogP contribution in [0.3, 0.4) is 0 Å². The topological polar surface area (TPSA) is 102 Å². The number of rotatable bonds is 78. The van der Waals surface area contributed by atoms with E-state index in [2.05, 4.69) is 156 Å². The van der Waals surface area contributed by atoms with E-state index in [1.54, 1.807) is 41.5 Å². The summed E-state index contributed by atoms with van der Waals surface area (Å²) in [6, 6.07) is 0. The van der Waals surface area contributed by atoms with Crippen molar-refractivity contribution in [2.24, 2.45) is 35.5 Å². The Morgan fingerprint density at radius 1 is 0.158 bits per heavy atom. The molecule has 0 N–H and O–H groups in total. The number of hydrogen-bond donors (Lipinski definition) is 0. The number of Topliss-reactive ketones (excluding diaryl/α,β-unsaturated/α-hetero) is 6. The monoisotopic (exact) mass is 1600 g/mol. The summed E-state index contributed by atoms with van der Waals surface area (Å²) in [6.07, 6.45) is 109. The average Bonchev–Trinajstić information content (AvgIpc) is 1.37. The lowest BCUT2D eigenvalue weighted by atomic mass is 10.0. The average molecular weight is 1600 g/mol. The highest BCUT2D eigenvalue weighted by atomic mass is 16.1. The molecule has 0 aliphatic rings. The highest BCUT2D eigenvalue weighted by molar-refractivity contribution is 5.76. The van der Waals surface area contributed by atoms with Crippen LogP contribution in [0.5, 0.6) is 0 Å². The third kappa shape index (κ3) is 129. The van der Waals surface area contributed by atoms with Gasteiger partial charge in [-0.2, -0.15) is 0 Å². The smallest absolute Gasteiger partial charge is 0.129 e. The molecule has 0 aromatic rings. The molecule has 0 aromatic carbocycles. The van der Waals surface area contributed by atoms with Crippen molar-refractivity contribution >= 4 is 34.7 Å². The van der Waals surface area contributed by atoms with Crippen LogP contribution in [-0.2, 0) is 28.8 Å². The van der Waals surface area contributed by atoms with Crippen LogP contribution in [0.2, 0.25) is 0 Å². The van der Waals surface area contributed by atoms with Crippen LogP contribution in [0.1, 0.15) is 548 Å². The summed E-state index contributed by atoms with van der Waals surface area (Å²) in [4.78, 5) is 64.5. The minimum atomic E-state index is 0.331. The maximum Gasteiger partial charge on any atom is 0.129 e. The first-order valence-electron chi connectivity index (χ1n) is 49.9. The summed E-state index contributed by atoms with van der Waals surface area (Å²) in [7, 11) is 0. The van der Waals surface area contributed by atoms with Gasteiger partial charge in [0.2, 0.25) is 0 Å². The summed E-state index contributed by atoms with van der Waals surface area (Å²) in [5.74, 6) is 7.40. The zero-order chi connectivity index (χ0) is 86.1. The minimum Gasteiger partial charge on any atom is -0.300 e. The van der Waals surface area contributed by atoms with E-state index in [1.165, 1.54) is 347 Å². The normalized spacial score (nSPS) is 13.0. The third-order valence-electron chi connectivity index (χ3n) is 23.0. The van der Waals surface area contributed by atoms with Gasteiger partial charge in [-0.05, 0) is 270 Å². The Balaban J connectivity index is -0.000000307. The lowest BCUT2D eigenvalue weighted by Crippen LogP contribution is -1.90. The second-order valence-corrected chi connectivity index (χ2v) is 35.5. The van der Waals surface area contributed by atoms with Crippen molar-refractivity contribution in [2.45, 2.75) is 548 Å². The molecule has 0 radical (unpaired) electrons. The van der Waals surface area contributed by atoms with Crippen LogP contribution in [0.25, 0.3) is 0 Å². The van der Waals surface area contributed by atoms with E-state index in [0.29, 0.717) is 34.7 Å². The molecular weight excluding hydrogens is 1390 g/mol. The Bertz CT molecular complexity index is 1770. The molecule has 0 amide bonds. The number of allylic oxidation sites excluding steroid dienone is 12. The maximum atomic E-state index is 10.8. The molecule has 0 aliphatic heterocycles. The lowest BCUT2D eigenvalue weighted by molar-refractivity contribution is -0.117. The molecule has 0 rings (SSSR count). The second kappa shape index (κ2) is 106. The summed E-state index contributed by atoms with van der Waals surface area (Å²) in [5.41, 5.74) is 0.